The molecule has 1 heterocycles. The van der Waals surface area contributed by atoms with Crippen molar-refractivity contribution in [2.45, 2.75) is 39.2 Å². The summed E-state index contributed by atoms with van der Waals surface area (Å²) in [4.78, 5) is 13.4. The smallest absolute Gasteiger partial charge is 0.222 e. The zero-order chi connectivity index (χ0) is 9.84. The van der Waals surface area contributed by atoms with E-state index in [4.69, 9.17) is 5.73 Å². The summed E-state index contributed by atoms with van der Waals surface area (Å²) in [5.41, 5.74) is 5.83. The first-order chi connectivity index (χ1) is 6.15. The summed E-state index contributed by atoms with van der Waals surface area (Å²) in [7, 11) is 0. The molecule has 1 rings (SSSR count). The molecule has 3 nitrogen and oxygen atoms in total. The molecular weight excluding hydrogens is 164 g/mol. The zero-order valence-corrected chi connectivity index (χ0v) is 8.62. The summed E-state index contributed by atoms with van der Waals surface area (Å²) >= 11 is 0. The molecular formula is C10H20N2O. The highest BCUT2D eigenvalue weighted by Gasteiger charge is 2.24. The Kier molecular flexibility index (Phi) is 3.72. The second kappa shape index (κ2) is 4.61. The third-order valence-electron chi connectivity index (χ3n) is 2.86. The Morgan fingerprint density at radius 3 is 2.92 bits per heavy atom. The summed E-state index contributed by atoms with van der Waals surface area (Å²) in [6.07, 6.45) is 2.90. The van der Waals surface area contributed by atoms with Crippen molar-refractivity contribution < 1.29 is 4.79 Å². The number of carbonyl (C=O) groups is 1. The van der Waals surface area contributed by atoms with Crippen LogP contribution in [-0.4, -0.2) is 29.9 Å². The Morgan fingerprint density at radius 2 is 2.38 bits per heavy atom. The lowest BCUT2D eigenvalue weighted by Gasteiger charge is -2.34. The fourth-order valence-corrected chi connectivity index (χ4v) is 1.89. The van der Waals surface area contributed by atoms with E-state index in [1.165, 1.54) is 6.42 Å². The van der Waals surface area contributed by atoms with Crippen molar-refractivity contribution in [3.05, 3.63) is 0 Å². The molecule has 0 aromatic carbocycles. The number of carbonyl (C=O) groups excluding carboxylic acids is 1. The van der Waals surface area contributed by atoms with E-state index >= 15 is 0 Å². The maximum absolute atomic E-state index is 11.4. The second-order valence-corrected chi connectivity index (χ2v) is 3.95. The van der Waals surface area contributed by atoms with Gasteiger partial charge in [-0.15, -0.1) is 0 Å². The van der Waals surface area contributed by atoms with Gasteiger partial charge in [-0.2, -0.15) is 0 Å². The molecule has 13 heavy (non-hydrogen) atoms. The van der Waals surface area contributed by atoms with Crippen LogP contribution in [0.5, 0.6) is 0 Å². The minimum Gasteiger partial charge on any atom is -0.342 e. The molecule has 3 heteroatoms. The van der Waals surface area contributed by atoms with Gasteiger partial charge in [0.25, 0.3) is 0 Å². The highest BCUT2D eigenvalue weighted by molar-refractivity contribution is 5.75. The summed E-state index contributed by atoms with van der Waals surface area (Å²) in [5.74, 6) is 0.773. The van der Waals surface area contributed by atoms with Gasteiger partial charge in [0.1, 0.15) is 0 Å². The van der Waals surface area contributed by atoms with E-state index in [0.29, 0.717) is 12.3 Å². The zero-order valence-electron chi connectivity index (χ0n) is 8.62. The highest BCUT2D eigenvalue weighted by Crippen LogP contribution is 2.19. The van der Waals surface area contributed by atoms with E-state index in [2.05, 4.69) is 0 Å². The number of nitrogens with two attached hydrogens (primary N) is 1. The first-order valence-corrected chi connectivity index (χ1v) is 5.18. The molecule has 1 amide bonds. The van der Waals surface area contributed by atoms with Crippen LogP contribution >= 0.6 is 0 Å². The van der Waals surface area contributed by atoms with Crippen molar-refractivity contribution in [2.75, 3.05) is 13.1 Å². The monoisotopic (exact) mass is 184 g/mol. The van der Waals surface area contributed by atoms with E-state index in [-0.39, 0.29) is 11.9 Å². The summed E-state index contributed by atoms with van der Waals surface area (Å²) < 4.78 is 0. The van der Waals surface area contributed by atoms with E-state index < -0.39 is 0 Å². The van der Waals surface area contributed by atoms with Crippen LogP contribution in [0.2, 0.25) is 0 Å². The van der Waals surface area contributed by atoms with Gasteiger partial charge in [0.2, 0.25) is 5.91 Å². The van der Waals surface area contributed by atoms with Crippen LogP contribution in [-0.2, 0) is 4.79 Å². The van der Waals surface area contributed by atoms with Gasteiger partial charge in [-0.05, 0) is 25.7 Å². The molecule has 2 N–H and O–H groups in total. The summed E-state index contributed by atoms with van der Waals surface area (Å²) in [6.45, 7) is 5.74. The minimum absolute atomic E-state index is 0.215. The maximum Gasteiger partial charge on any atom is 0.222 e. The summed E-state index contributed by atoms with van der Waals surface area (Å²) in [5, 5.41) is 0. The molecule has 0 spiro atoms. The first-order valence-electron chi connectivity index (χ1n) is 5.18. The fourth-order valence-electron chi connectivity index (χ4n) is 1.89. The predicted octanol–water partition coefficient (Wildman–Crippen LogP) is 0.982. The number of piperidine rings is 1. The number of likely N-dealkylation sites (tertiary alicyclic amines) is 1. The van der Waals surface area contributed by atoms with Crippen LogP contribution in [0.15, 0.2) is 0 Å². The lowest BCUT2D eigenvalue weighted by atomic mass is 9.92. The van der Waals surface area contributed by atoms with Gasteiger partial charge in [0, 0.05) is 25.6 Å². The third-order valence-corrected chi connectivity index (χ3v) is 2.86. The molecule has 1 aliphatic heterocycles. The average Bonchev–Trinajstić information content (AvgIpc) is 2.17. The van der Waals surface area contributed by atoms with Gasteiger partial charge >= 0.3 is 0 Å². The topological polar surface area (TPSA) is 46.3 Å². The fraction of sp³-hybridized carbons (Fsp3) is 0.900. The molecule has 2 unspecified atom stereocenters. The van der Waals surface area contributed by atoms with E-state index in [1.54, 1.807) is 0 Å². The number of rotatable bonds is 2. The average molecular weight is 184 g/mol. The lowest BCUT2D eigenvalue weighted by Crippen LogP contribution is -2.44. The molecule has 2 atom stereocenters. The van der Waals surface area contributed by atoms with Crippen molar-refractivity contribution in [2.24, 2.45) is 11.7 Å². The normalized spacial score (nSPS) is 25.8. The molecule has 0 bridgehead atoms. The van der Waals surface area contributed by atoms with Crippen molar-refractivity contribution >= 4 is 5.91 Å². The minimum atomic E-state index is 0.215. The quantitative estimate of drug-likeness (QED) is 0.695. The largest absolute Gasteiger partial charge is 0.342 e. The van der Waals surface area contributed by atoms with Gasteiger partial charge in [0.15, 0.2) is 0 Å². The van der Waals surface area contributed by atoms with Gasteiger partial charge in [-0.1, -0.05) is 6.92 Å². The summed E-state index contributed by atoms with van der Waals surface area (Å²) in [6, 6.07) is 0.215. The Bertz CT molecular complexity index is 180. The van der Waals surface area contributed by atoms with Gasteiger partial charge < -0.3 is 10.6 Å². The molecule has 76 valence electrons. The standard InChI is InChI=1S/C10H20N2O/c1-3-10(13)12-6-4-5-9(7-12)8(2)11/h8-9H,3-7,11H2,1-2H3. The second-order valence-electron chi connectivity index (χ2n) is 3.95. The SMILES string of the molecule is CCC(=O)N1CCCC(C(C)N)C1. The number of amides is 1. The van der Waals surface area contributed by atoms with Crippen LogP contribution in [0, 0.1) is 5.92 Å². The molecule has 0 aromatic rings. The Labute approximate surface area is 80.3 Å². The van der Waals surface area contributed by atoms with Crippen molar-refractivity contribution in [1.29, 1.82) is 0 Å². The molecule has 1 saturated heterocycles. The third kappa shape index (κ3) is 2.69. The Balaban J connectivity index is 2.46. The molecule has 0 aliphatic carbocycles. The van der Waals surface area contributed by atoms with E-state index in [0.717, 1.165) is 19.5 Å². The van der Waals surface area contributed by atoms with E-state index in [9.17, 15) is 4.79 Å². The van der Waals surface area contributed by atoms with Gasteiger partial charge in [0.05, 0.1) is 0 Å². The molecule has 0 saturated carbocycles. The lowest BCUT2D eigenvalue weighted by molar-refractivity contribution is -0.132. The molecule has 0 aromatic heterocycles. The van der Waals surface area contributed by atoms with Crippen LogP contribution < -0.4 is 5.73 Å². The number of hydrogen-bond donors (Lipinski definition) is 1. The first kappa shape index (κ1) is 10.5. The number of hydrogen-bond acceptors (Lipinski definition) is 2. The van der Waals surface area contributed by atoms with Crippen molar-refractivity contribution in [3.8, 4) is 0 Å². The molecule has 0 radical (unpaired) electrons. The van der Waals surface area contributed by atoms with Crippen molar-refractivity contribution in [1.82, 2.24) is 4.90 Å². The Hall–Kier alpha value is -0.570. The van der Waals surface area contributed by atoms with Gasteiger partial charge in [-0.25, -0.2) is 0 Å². The van der Waals surface area contributed by atoms with Crippen LogP contribution in [0.3, 0.4) is 0 Å². The van der Waals surface area contributed by atoms with Crippen LogP contribution in [0.1, 0.15) is 33.1 Å². The molecule has 1 aliphatic rings. The Morgan fingerprint density at radius 1 is 1.69 bits per heavy atom. The van der Waals surface area contributed by atoms with Crippen LogP contribution in [0.25, 0.3) is 0 Å². The highest BCUT2D eigenvalue weighted by atomic mass is 16.2. The number of nitrogens with zero attached hydrogens (tertiary/aromatic N) is 1. The van der Waals surface area contributed by atoms with Gasteiger partial charge in [-0.3, -0.25) is 4.79 Å². The maximum atomic E-state index is 11.4. The predicted molar refractivity (Wildman–Crippen MR) is 53.2 cm³/mol. The van der Waals surface area contributed by atoms with Crippen LogP contribution in [0.4, 0.5) is 0 Å². The van der Waals surface area contributed by atoms with E-state index in [1.807, 2.05) is 18.7 Å². The van der Waals surface area contributed by atoms with Crippen molar-refractivity contribution in [3.63, 3.8) is 0 Å². The molecule has 1 fully saturated rings.